The minimum absolute atomic E-state index is 0.324. The van der Waals surface area contributed by atoms with Gasteiger partial charge in [0, 0.05) is 0 Å². The lowest BCUT2D eigenvalue weighted by Gasteiger charge is -2.18. The Hall–Kier alpha value is -1.51. The fraction of sp³-hybridized carbons (Fsp3) is 0.588. The topological polar surface area (TPSA) is 46.5 Å². The summed E-state index contributed by atoms with van der Waals surface area (Å²) in [7, 11) is 0. The van der Waals surface area contributed by atoms with Crippen molar-refractivity contribution >= 4 is 5.97 Å². The van der Waals surface area contributed by atoms with Crippen LogP contribution >= 0.6 is 0 Å². The van der Waals surface area contributed by atoms with E-state index in [1.165, 1.54) is 19.3 Å². The first-order valence-electron chi connectivity index (χ1n) is 7.46. The van der Waals surface area contributed by atoms with E-state index < -0.39 is 5.97 Å². The summed E-state index contributed by atoms with van der Waals surface area (Å²) in [6.07, 6.45) is 4.75. The van der Waals surface area contributed by atoms with Gasteiger partial charge in [-0.1, -0.05) is 33.1 Å². The molecule has 0 saturated heterocycles. The van der Waals surface area contributed by atoms with Gasteiger partial charge in [0.2, 0.25) is 0 Å². The minimum Gasteiger partial charge on any atom is -0.493 e. The third kappa shape index (κ3) is 4.55. The third-order valence-corrected chi connectivity index (χ3v) is 3.71. The molecule has 1 aromatic carbocycles. The average Bonchev–Trinajstić information content (AvgIpc) is 2.40. The zero-order chi connectivity index (χ0) is 15.1. The summed E-state index contributed by atoms with van der Waals surface area (Å²) < 4.78 is 5.96. The fourth-order valence-corrected chi connectivity index (χ4v) is 2.40. The Kier molecular flexibility index (Phi) is 6.56. The second-order valence-electron chi connectivity index (χ2n) is 5.47. The molecule has 1 atom stereocenters. The summed E-state index contributed by atoms with van der Waals surface area (Å²) in [5.41, 5.74) is 2.12. The zero-order valence-electron chi connectivity index (χ0n) is 13.0. The Balaban J connectivity index is 2.75. The van der Waals surface area contributed by atoms with E-state index in [2.05, 4.69) is 13.8 Å². The monoisotopic (exact) mass is 278 g/mol. The van der Waals surface area contributed by atoms with Gasteiger partial charge in [-0.05, 0) is 49.4 Å². The van der Waals surface area contributed by atoms with Gasteiger partial charge in [0.05, 0.1) is 12.2 Å². The molecular weight excluding hydrogens is 252 g/mol. The largest absolute Gasteiger partial charge is 0.493 e. The van der Waals surface area contributed by atoms with Crippen molar-refractivity contribution in [3.05, 3.63) is 28.8 Å². The highest BCUT2D eigenvalue weighted by Gasteiger charge is 2.13. The van der Waals surface area contributed by atoms with E-state index in [9.17, 15) is 4.79 Å². The summed E-state index contributed by atoms with van der Waals surface area (Å²) in [5, 5.41) is 9.04. The van der Waals surface area contributed by atoms with Gasteiger partial charge in [0.1, 0.15) is 5.75 Å². The molecule has 0 fully saturated rings. The van der Waals surface area contributed by atoms with Gasteiger partial charge >= 0.3 is 5.97 Å². The molecule has 3 nitrogen and oxygen atoms in total. The number of rotatable bonds is 8. The van der Waals surface area contributed by atoms with Crippen molar-refractivity contribution in [1.29, 1.82) is 0 Å². The molecule has 1 N–H and O–H groups in total. The molecule has 0 amide bonds. The van der Waals surface area contributed by atoms with E-state index >= 15 is 0 Å². The molecule has 0 aliphatic rings. The van der Waals surface area contributed by atoms with E-state index in [4.69, 9.17) is 9.84 Å². The predicted octanol–water partition coefficient (Wildman–Crippen LogP) is 4.60. The Morgan fingerprint density at radius 3 is 2.30 bits per heavy atom. The van der Waals surface area contributed by atoms with Crippen molar-refractivity contribution in [2.45, 2.75) is 53.4 Å². The number of aromatic carboxylic acids is 1. The first-order valence-corrected chi connectivity index (χ1v) is 7.46. The molecule has 0 heterocycles. The SMILES string of the molecule is CCCCC(CC)COc1c(C)cc(C(=O)O)cc1C. The quantitative estimate of drug-likeness (QED) is 0.756. The van der Waals surface area contributed by atoms with Gasteiger partial charge < -0.3 is 9.84 Å². The van der Waals surface area contributed by atoms with E-state index in [0.29, 0.717) is 18.1 Å². The number of aryl methyl sites for hydroxylation is 2. The molecule has 1 rings (SSSR count). The van der Waals surface area contributed by atoms with E-state index in [1.54, 1.807) is 12.1 Å². The maximum atomic E-state index is 11.0. The Morgan fingerprint density at radius 2 is 1.85 bits per heavy atom. The molecule has 0 saturated carbocycles. The molecule has 3 heteroatoms. The molecular formula is C17H26O3. The van der Waals surface area contributed by atoms with Gasteiger partial charge in [-0.2, -0.15) is 0 Å². The second kappa shape index (κ2) is 7.93. The van der Waals surface area contributed by atoms with Gasteiger partial charge in [0.15, 0.2) is 0 Å². The van der Waals surface area contributed by atoms with Crippen LogP contribution in [0.2, 0.25) is 0 Å². The summed E-state index contributed by atoms with van der Waals surface area (Å²) in [6.45, 7) is 8.91. The van der Waals surface area contributed by atoms with Crippen LogP contribution in [0.1, 0.15) is 61.0 Å². The van der Waals surface area contributed by atoms with Crippen LogP contribution in [0.25, 0.3) is 0 Å². The molecule has 1 unspecified atom stereocenters. The first kappa shape index (κ1) is 16.5. The zero-order valence-corrected chi connectivity index (χ0v) is 13.0. The molecule has 112 valence electrons. The summed E-state index contributed by atoms with van der Waals surface area (Å²) in [4.78, 5) is 11.0. The highest BCUT2D eigenvalue weighted by molar-refractivity contribution is 5.88. The number of carboxylic acids is 1. The van der Waals surface area contributed by atoms with E-state index in [1.807, 2.05) is 13.8 Å². The third-order valence-electron chi connectivity index (χ3n) is 3.71. The summed E-state index contributed by atoms with van der Waals surface area (Å²) in [6, 6.07) is 3.36. The number of hydrogen-bond acceptors (Lipinski definition) is 2. The van der Waals surface area contributed by atoms with Gasteiger partial charge in [-0.25, -0.2) is 4.79 Å². The highest BCUT2D eigenvalue weighted by atomic mass is 16.5. The highest BCUT2D eigenvalue weighted by Crippen LogP contribution is 2.26. The van der Waals surface area contributed by atoms with Crippen molar-refractivity contribution in [3.63, 3.8) is 0 Å². The molecule has 0 aliphatic heterocycles. The summed E-state index contributed by atoms with van der Waals surface area (Å²) in [5.74, 6) is 0.523. The average molecular weight is 278 g/mol. The summed E-state index contributed by atoms with van der Waals surface area (Å²) >= 11 is 0. The van der Waals surface area contributed by atoms with Crippen molar-refractivity contribution in [3.8, 4) is 5.75 Å². The van der Waals surface area contributed by atoms with Crippen molar-refractivity contribution in [2.75, 3.05) is 6.61 Å². The maximum Gasteiger partial charge on any atom is 0.335 e. The van der Waals surface area contributed by atoms with Crippen LogP contribution in [0.3, 0.4) is 0 Å². The van der Waals surface area contributed by atoms with Gasteiger partial charge in [-0.3, -0.25) is 0 Å². The van der Waals surface area contributed by atoms with Crippen LogP contribution in [0.4, 0.5) is 0 Å². The Morgan fingerprint density at radius 1 is 1.25 bits per heavy atom. The maximum absolute atomic E-state index is 11.0. The van der Waals surface area contributed by atoms with Gasteiger partial charge in [-0.15, -0.1) is 0 Å². The molecule has 0 aromatic heterocycles. The molecule has 0 bridgehead atoms. The van der Waals surface area contributed by atoms with Gasteiger partial charge in [0.25, 0.3) is 0 Å². The number of benzene rings is 1. The van der Waals surface area contributed by atoms with Crippen LogP contribution in [-0.2, 0) is 0 Å². The molecule has 1 aromatic rings. The van der Waals surface area contributed by atoms with Crippen molar-refractivity contribution in [2.24, 2.45) is 5.92 Å². The van der Waals surface area contributed by atoms with Crippen LogP contribution < -0.4 is 4.74 Å². The Bertz CT molecular complexity index is 429. The molecule has 0 aliphatic carbocycles. The van der Waals surface area contributed by atoms with E-state index in [0.717, 1.165) is 23.3 Å². The number of ether oxygens (including phenoxy) is 1. The van der Waals surface area contributed by atoms with Crippen LogP contribution in [0.5, 0.6) is 5.75 Å². The van der Waals surface area contributed by atoms with Crippen LogP contribution in [0.15, 0.2) is 12.1 Å². The minimum atomic E-state index is -0.892. The van der Waals surface area contributed by atoms with Crippen molar-refractivity contribution < 1.29 is 14.6 Å². The fourth-order valence-electron chi connectivity index (χ4n) is 2.40. The lowest BCUT2D eigenvalue weighted by atomic mass is 10.0. The lowest BCUT2D eigenvalue weighted by Crippen LogP contribution is -2.13. The van der Waals surface area contributed by atoms with Crippen LogP contribution in [0, 0.1) is 19.8 Å². The number of carbonyl (C=O) groups is 1. The number of hydrogen-bond donors (Lipinski definition) is 1. The van der Waals surface area contributed by atoms with Crippen molar-refractivity contribution in [1.82, 2.24) is 0 Å². The smallest absolute Gasteiger partial charge is 0.335 e. The predicted molar refractivity (Wildman–Crippen MR) is 81.7 cm³/mol. The lowest BCUT2D eigenvalue weighted by molar-refractivity contribution is 0.0696. The molecule has 0 spiro atoms. The normalized spacial score (nSPS) is 12.2. The molecule has 0 radical (unpaired) electrons. The number of unbranched alkanes of at least 4 members (excludes halogenated alkanes) is 1. The van der Waals surface area contributed by atoms with Crippen LogP contribution in [-0.4, -0.2) is 17.7 Å². The molecule has 20 heavy (non-hydrogen) atoms. The number of carboxylic acid groups (broad SMARTS) is 1. The second-order valence-corrected chi connectivity index (χ2v) is 5.47. The standard InChI is InChI=1S/C17H26O3/c1-5-7-8-14(6-2)11-20-16-12(3)9-15(17(18)19)10-13(16)4/h9-10,14H,5-8,11H2,1-4H3,(H,18,19). The first-order chi connectivity index (χ1) is 9.49. The van der Waals surface area contributed by atoms with E-state index in [-0.39, 0.29) is 0 Å². The Labute approximate surface area is 122 Å².